The molecule has 3 heterocycles. The summed E-state index contributed by atoms with van der Waals surface area (Å²) in [6, 6.07) is 3.35. The maximum absolute atomic E-state index is 12.9. The normalized spacial score (nSPS) is 16.1. The van der Waals surface area contributed by atoms with Gasteiger partial charge in [0.15, 0.2) is 11.2 Å². The summed E-state index contributed by atoms with van der Waals surface area (Å²) in [4.78, 5) is 16.2. The molecule has 0 aromatic carbocycles. The second-order valence-corrected chi connectivity index (χ2v) is 7.26. The molecule has 0 amide bonds. The number of rotatable bonds is 3. The van der Waals surface area contributed by atoms with E-state index in [1.807, 2.05) is 13.0 Å². The quantitative estimate of drug-likeness (QED) is 0.663. The Morgan fingerprint density at radius 2 is 2.04 bits per heavy atom. The minimum atomic E-state index is -4.61. The van der Waals surface area contributed by atoms with Crippen LogP contribution in [0.5, 0.6) is 0 Å². The zero-order chi connectivity index (χ0) is 19.5. The highest BCUT2D eigenvalue weighted by Crippen LogP contribution is 2.37. The van der Waals surface area contributed by atoms with Gasteiger partial charge in [0.25, 0.3) is 5.56 Å². The van der Waals surface area contributed by atoms with Crippen molar-refractivity contribution in [2.75, 3.05) is 0 Å². The Hall–Kier alpha value is -2.35. The van der Waals surface area contributed by atoms with Crippen molar-refractivity contribution in [3.63, 3.8) is 0 Å². The summed E-state index contributed by atoms with van der Waals surface area (Å²) in [5.74, 6) is -0.344. The fourth-order valence-corrected chi connectivity index (χ4v) is 3.71. The van der Waals surface area contributed by atoms with Gasteiger partial charge in [-0.25, -0.2) is 0 Å². The second-order valence-electron chi connectivity index (χ2n) is 6.85. The van der Waals surface area contributed by atoms with Gasteiger partial charge in [-0.3, -0.25) is 14.5 Å². The third kappa shape index (κ3) is 3.01. The molecule has 142 valence electrons. The minimum absolute atomic E-state index is 0.146. The van der Waals surface area contributed by atoms with Crippen molar-refractivity contribution in [1.29, 1.82) is 0 Å². The lowest BCUT2D eigenvalue weighted by Crippen LogP contribution is -2.18. The Morgan fingerprint density at radius 3 is 2.63 bits per heavy atom. The van der Waals surface area contributed by atoms with E-state index in [9.17, 15) is 18.0 Å². The molecule has 9 heteroatoms. The Balaban J connectivity index is 1.80. The molecule has 4 rings (SSSR count). The monoisotopic (exact) mass is 396 g/mol. The summed E-state index contributed by atoms with van der Waals surface area (Å²) in [6.45, 7) is 1.82. The summed E-state index contributed by atoms with van der Waals surface area (Å²) in [5, 5.41) is 4.59. The predicted octanol–water partition coefficient (Wildman–Crippen LogP) is 4.29. The van der Waals surface area contributed by atoms with Crippen LogP contribution in [-0.4, -0.2) is 19.3 Å². The van der Waals surface area contributed by atoms with Crippen molar-refractivity contribution in [2.45, 2.75) is 37.9 Å². The molecule has 0 saturated heterocycles. The van der Waals surface area contributed by atoms with Crippen molar-refractivity contribution in [2.24, 2.45) is 7.05 Å². The van der Waals surface area contributed by atoms with E-state index in [1.165, 1.54) is 12.3 Å². The summed E-state index contributed by atoms with van der Waals surface area (Å²) in [7, 11) is 1.71. The summed E-state index contributed by atoms with van der Waals surface area (Å²) in [5.41, 5.74) is 0.349. The number of halogens is 4. The van der Waals surface area contributed by atoms with Gasteiger partial charge in [-0.2, -0.15) is 18.3 Å². The second kappa shape index (κ2) is 6.09. The molecular weight excluding hydrogens is 381 g/mol. The molecule has 0 aliphatic heterocycles. The molecule has 27 heavy (non-hydrogen) atoms. The van der Waals surface area contributed by atoms with Gasteiger partial charge in [-0.05, 0) is 30.5 Å². The standard InChI is InChI=1S/C18H16ClF3N4O/c1-9(10-7-13(19)16(23-8-10)18(20,21)22)15-12-5-6-26(11-3-4-11)17(27)14(12)24-25(15)2/h5-9,11H,3-4H2,1-2H3. The van der Waals surface area contributed by atoms with E-state index in [1.54, 1.807) is 22.5 Å². The zero-order valence-corrected chi connectivity index (χ0v) is 15.3. The van der Waals surface area contributed by atoms with Crippen LogP contribution < -0.4 is 5.56 Å². The van der Waals surface area contributed by atoms with Crippen LogP contribution in [0, 0.1) is 0 Å². The third-order valence-electron chi connectivity index (χ3n) is 4.95. The molecule has 0 N–H and O–H groups in total. The van der Waals surface area contributed by atoms with E-state index < -0.39 is 16.9 Å². The molecule has 1 atom stereocenters. The van der Waals surface area contributed by atoms with Crippen molar-refractivity contribution in [1.82, 2.24) is 19.3 Å². The largest absolute Gasteiger partial charge is 0.434 e. The number of hydrogen-bond donors (Lipinski definition) is 0. The van der Waals surface area contributed by atoms with Crippen LogP contribution in [0.2, 0.25) is 5.02 Å². The first kappa shape index (κ1) is 18.0. The number of nitrogens with zero attached hydrogens (tertiary/aromatic N) is 4. The number of pyridine rings is 2. The van der Waals surface area contributed by atoms with E-state index in [0.29, 0.717) is 16.5 Å². The van der Waals surface area contributed by atoms with Gasteiger partial charge < -0.3 is 4.57 Å². The lowest BCUT2D eigenvalue weighted by molar-refractivity contribution is -0.141. The smallest absolute Gasteiger partial charge is 0.311 e. The average molecular weight is 397 g/mol. The SMILES string of the molecule is CC(c1cnc(C(F)(F)F)c(Cl)c1)c1c2ccn(C3CC3)c(=O)c2nn1C. The fraction of sp³-hybridized carbons (Fsp3) is 0.389. The highest BCUT2D eigenvalue weighted by Gasteiger charge is 2.35. The maximum atomic E-state index is 12.9. The highest BCUT2D eigenvalue weighted by molar-refractivity contribution is 6.31. The van der Waals surface area contributed by atoms with E-state index >= 15 is 0 Å². The number of alkyl halides is 3. The van der Waals surface area contributed by atoms with Crippen LogP contribution in [0.4, 0.5) is 13.2 Å². The van der Waals surface area contributed by atoms with Crippen LogP contribution in [-0.2, 0) is 13.2 Å². The molecule has 1 fully saturated rings. The van der Waals surface area contributed by atoms with Gasteiger partial charge in [0, 0.05) is 36.8 Å². The van der Waals surface area contributed by atoms with E-state index in [4.69, 9.17) is 11.6 Å². The van der Waals surface area contributed by atoms with Crippen LogP contribution in [0.3, 0.4) is 0 Å². The topological polar surface area (TPSA) is 52.7 Å². The first-order valence-corrected chi connectivity index (χ1v) is 8.86. The van der Waals surface area contributed by atoms with E-state index in [0.717, 1.165) is 18.5 Å². The average Bonchev–Trinajstić information content (AvgIpc) is 3.36. The molecule has 1 saturated carbocycles. The Bertz CT molecular complexity index is 1100. The van der Waals surface area contributed by atoms with Gasteiger partial charge in [0.2, 0.25) is 0 Å². The van der Waals surface area contributed by atoms with Crippen LogP contribution in [0.1, 0.15) is 48.7 Å². The molecule has 3 aromatic heterocycles. The number of aromatic nitrogens is 4. The molecule has 0 spiro atoms. The summed E-state index contributed by atoms with van der Waals surface area (Å²) < 4.78 is 41.9. The molecule has 1 aliphatic rings. The first-order valence-electron chi connectivity index (χ1n) is 8.49. The molecule has 1 unspecified atom stereocenters. The van der Waals surface area contributed by atoms with Crippen molar-refractivity contribution in [3.05, 3.63) is 56.9 Å². The zero-order valence-electron chi connectivity index (χ0n) is 14.6. The van der Waals surface area contributed by atoms with Gasteiger partial charge in [-0.15, -0.1) is 0 Å². The number of aryl methyl sites for hydroxylation is 1. The van der Waals surface area contributed by atoms with Crippen LogP contribution in [0.15, 0.2) is 29.3 Å². The molecule has 0 radical (unpaired) electrons. The van der Waals surface area contributed by atoms with E-state index in [2.05, 4.69) is 10.1 Å². The Labute approximate surface area is 157 Å². The lowest BCUT2D eigenvalue weighted by Gasteiger charge is -2.15. The van der Waals surface area contributed by atoms with Crippen molar-refractivity contribution < 1.29 is 13.2 Å². The van der Waals surface area contributed by atoms with Gasteiger partial charge in [0.05, 0.1) is 10.7 Å². The van der Waals surface area contributed by atoms with Crippen LogP contribution >= 0.6 is 11.6 Å². The van der Waals surface area contributed by atoms with Gasteiger partial charge >= 0.3 is 6.18 Å². The maximum Gasteiger partial charge on any atom is 0.434 e. The van der Waals surface area contributed by atoms with Crippen molar-refractivity contribution in [3.8, 4) is 0 Å². The van der Waals surface area contributed by atoms with Crippen LogP contribution in [0.25, 0.3) is 10.9 Å². The first-order chi connectivity index (χ1) is 12.7. The fourth-order valence-electron chi connectivity index (χ4n) is 3.43. The van der Waals surface area contributed by atoms with Gasteiger partial charge in [0.1, 0.15) is 0 Å². The van der Waals surface area contributed by atoms with Gasteiger partial charge in [-0.1, -0.05) is 18.5 Å². The van der Waals surface area contributed by atoms with E-state index in [-0.39, 0.29) is 17.5 Å². The number of hydrogen-bond acceptors (Lipinski definition) is 3. The minimum Gasteiger partial charge on any atom is -0.311 e. The molecule has 3 aromatic rings. The molecule has 5 nitrogen and oxygen atoms in total. The Kier molecular flexibility index (Phi) is 4.06. The lowest BCUT2D eigenvalue weighted by atomic mass is 9.96. The van der Waals surface area contributed by atoms with Crippen molar-refractivity contribution >= 4 is 22.5 Å². The summed E-state index contributed by atoms with van der Waals surface area (Å²) >= 11 is 5.81. The highest BCUT2D eigenvalue weighted by atomic mass is 35.5. The molecule has 1 aliphatic carbocycles. The Morgan fingerprint density at radius 1 is 1.33 bits per heavy atom. The summed E-state index contributed by atoms with van der Waals surface area (Å²) in [6.07, 6.45) is 0.294. The molecular formula is C18H16ClF3N4O. The molecule has 0 bridgehead atoms. The third-order valence-corrected chi connectivity index (χ3v) is 5.24. The number of fused-ring (bicyclic) bond motifs is 1. The predicted molar refractivity (Wildman–Crippen MR) is 95.0 cm³/mol.